The maximum absolute atomic E-state index is 12.8. The van der Waals surface area contributed by atoms with Crippen molar-refractivity contribution < 1.29 is 14.3 Å². The topological polar surface area (TPSA) is 60.5 Å². The van der Waals surface area contributed by atoms with Crippen LogP contribution in [0, 0.1) is 0 Å². The lowest BCUT2D eigenvalue weighted by atomic mass is 9.83. The SMILES string of the molecule is CCCOc1ccc(NC(=O)C2(OCCC)CCCCC2)cn1. The van der Waals surface area contributed by atoms with Crippen LogP contribution in [-0.2, 0) is 9.53 Å². The molecule has 1 heterocycles. The summed E-state index contributed by atoms with van der Waals surface area (Å²) in [6.45, 7) is 5.38. The van der Waals surface area contributed by atoms with Gasteiger partial charge in [0.2, 0.25) is 5.88 Å². The van der Waals surface area contributed by atoms with E-state index in [1.807, 2.05) is 6.07 Å². The lowest BCUT2D eigenvalue weighted by Crippen LogP contribution is -2.47. The highest BCUT2D eigenvalue weighted by atomic mass is 16.5. The molecule has 2 rings (SSSR count). The second-order valence-electron chi connectivity index (χ2n) is 6.09. The Bertz CT molecular complexity index is 482. The Morgan fingerprint density at radius 2 is 1.91 bits per heavy atom. The quantitative estimate of drug-likeness (QED) is 0.788. The molecule has 0 radical (unpaired) electrons. The second kappa shape index (κ2) is 8.87. The first-order valence-corrected chi connectivity index (χ1v) is 8.74. The van der Waals surface area contributed by atoms with Gasteiger partial charge in [0.15, 0.2) is 0 Å². The zero-order chi connectivity index (χ0) is 16.5. The van der Waals surface area contributed by atoms with Gasteiger partial charge in [-0.25, -0.2) is 4.98 Å². The summed E-state index contributed by atoms with van der Waals surface area (Å²) in [5.74, 6) is 0.536. The summed E-state index contributed by atoms with van der Waals surface area (Å²) >= 11 is 0. The molecule has 23 heavy (non-hydrogen) atoms. The average Bonchev–Trinajstić information content (AvgIpc) is 2.60. The Morgan fingerprint density at radius 1 is 1.17 bits per heavy atom. The average molecular weight is 320 g/mol. The second-order valence-corrected chi connectivity index (χ2v) is 6.09. The van der Waals surface area contributed by atoms with E-state index in [9.17, 15) is 4.79 Å². The summed E-state index contributed by atoms with van der Waals surface area (Å²) < 4.78 is 11.4. The molecule has 0 spiro atoms. The molecule has 0 saturated heterocycles. The van der Waals surface area contributed by atoms with Crippen molar-refractivity contribution in [2.24, 2.45) is 0 Å². The van der Waals surface area contributed by atoms with Gasteiger partial charge in [0.05, 0.1) is 18.5 Å². The number of anilines is 1. The van der Waals surface area contributed by atoms with E-state index in [4.69, 9.17) is 9.47 Å². The normalized spacial score (nSPS) is 16.8. The largest absolute Gasteiger partial charge is 0.478 e. The van der Waals surface area contributed by atoms with E-state index in [0.717, 1.165) is 38.5 Å². The summed E-state index contributed by atoms with van der Waals surface area (Å²) in [4.78, 5) is 17.0. The fourth-order valence-corrected chi connectivity index (χ4v) is 2.85. The molecule has 1 fully saturated rings. The highest BCUT2D eigenvalue weighted by Gasteiger charge is 2.40. The van der Waals surface area contributed by atoms with Gasteiger partial charge in [0, 0.05) is 12.7 Å². The van der Waals surface area contributed by atoms with Crippen LogP contribution in [0.25, 0.3) is 0 Å². The number of nitrogens with zero attached hydrogens (tertiary/aromatic N) is 1. The van der Waals surface area contributed by atoms with Crippen LogP contribution in [0.5, 0.6) is 5.88 Å². The third-order valence-electron chi connectivity index (χ3n) is 4.11. The lowest BCUT2D eigenvalue weighted by Gasteiger charge is -2.35. The Labute approximate surface area is 138 Å². The molecule has 0 bridgehead atoms. The molecule has 128 valence electrons. The van der Waals surface area contributed by atoms with Crippen molar-refractivity contribution in [3.63, 3.8) is 0 Å². The predicted octanol–water partition coefficient (Wildman–Crippen LogP) is 3.94. The van der Waals surface area contributed by atoms with E-state index in [-0.39, 0.29) is 5.91 Å². The number of rotatable bonds is 8. The van der Waals surface area contributed by atoms with Crippen LogP contribution in [-0.4, -0.2) is 29.7 Å². The van der Waals surface area contributed by atoms with E-state index in [2.05, 4.69) is 24.1 Å². The molecule has 5 heteroatoms. The Hall–Kier alpha value is -1.62. The highest BCUT2D eigenvalue weighted by Crippen LogP contribution is 2.33. The van der Waals surface area contributed by atoms with E-state index >= 15 is 0 Å². The first kappa shape index (κ1) is 17.7. The molecule has 1 aromatic rings. The third-order valence-corrected chi connectivity index (χ3v) is 4.11. The van der Waals surface area contributed by atoms with Crippen LogP contribution >= 0.6 is 0 Å². The molecule has 1 saturated carbocycles. The molecule has 1 aliphatic rings. The number of pyridine rings is 1. The molecule has 0 unspecified atom stereocenters. The van der Waals surface area contributed by atoms with Gasteiger partial charge in [-0.2, -0.15) is 0 Å². The minimum atomic E-state index is -0.675. The van der Waals surface area contributed by atoms with Crippen molar-refractivity contribution in [2.75, 3.05) is 18.5 Å². The van der Waals surface area contributed by atoms with Crippen LogP contribution in [0.2, 0.25) is 0 Å². The van der Waals surface area contributed by atoms with E-state index in [1.54, 1.807) is 12.3 Å². The Balaban J connectivity index is 2.00. The molecule has 0 aromatic carbocycles. The van der Waals surface area contributed by atoms with Crippen molar-refractivity contribution in [1.29, 1.82) is 0 Å². The molecule has 5 nitrogen and oxygen atoms in total. The Morgan fingerprint density at radius 3 is 2.52 bits per heavy atom. The van der Waals surface area contributed by atoms with Gasteiger partial charge in [-0.3, -0.25) is 4.79 Å². The number of hydrogen-bond acceptors (Lipinski definition) is 4. The standard InChI is InChI=1S/C18H28N2O3/c1-3-12-22-16-9-8-15(14-19-16)20-17(21)18(23-13-4-2)10-6-5-7-11-18/h8-9,14H,3-7,10-13H2,1-2H3,(H,20,21). The molecule has 0 aliphatic heterocycles. The van der Waals surface area contributed by atoms with Gasteiger partial charge in [0.25, 0.3) is 5.91 Å². The van der Waals surface area contributed by atoms with Gasteiger partial charge in [-0.05, 0) is 31.7 Å². The van der Waals surface area contributed by atoms with Crippen molar-refractivity contribution in [2.45, 2.75) is 64.4 Å². The number of ether oxygens (including phenoxy) is 2. The summed E-state index contributed by atoms with van der Waals surface area (Å²) in [6, 6.07) is 3.61. The van der Waals surface area contributed by atoms with E-state index < -0.39 is 5.60 Å². The summed E-state index contributed by atoms with van der Waals surface area (Å²) in [6.07, 6.45) is 8.35. The van der Waals surface area contributed by atoms with Gasteiger partial charge in [-0.15, -0.1) is 0 Å². The smallest absolute Gasteiger partial charge is 0.256 e. The summed E-state index contributed by atoms with van der Waals surface area (Å²) in [5.41, 5.74) is 0.00920. The van der Waals surface area contributed by atoms with Crippen LogP contribution in [0.3, 0.4) is 0 Å². The number of carbonyl (C=O) groups is 1. The predicted molar refractivity (Wildman–Crippen MR) is 90.7 cm³/mol. The summed E-state index contributed by atoms with van der Waals surface area (Å²) in [7, 11) is 0. The van der Waals surface area contributed by atoms with Gasteiger partial charge in [0.1, 0.15) is 5.60 Å². The van der Waals surface area contributed by atoms with Crippen molar-refractivity contribution in [3.8, 4) is 5.88 Å². The maximum atomic E-state index is 12.8. The zero-order valence-electron chi connectivity index (χ0n) is 14.3. The number of amides is 1. The highest BCUT2D eigenvalue weighted by molar-refractivity contribution is 5.97. The molecule has 1 aliphatic carbocycles. The maximum Gasteiger partial charge on any atom is 0.256 e. The van der Waals surface area contributed by atoms with E-state index in [1.165, 1.54) is 6.42 Å². The first-order chi connectivity index (χ1) is 11.2. The molecule has 1 amide bonds. The van der Waals surface area contributed by atoms with Crippen LogP contribution in [0.4, 0.5) is 5.69 Å². The lowest BCUT2D eigenvalue weighted by molar-refractivity contribution is -0.146. The zero-order valence-corrected chi connectivity index (χ0v) is 14.3. The first-order valence-electron chi connectivity index (χ1n) is 8.74. The fraction of sp³-hybridized carbons (Fsp3) is 0.667. The molecule has 1 aromatic heterocycles. The monoisotopic (exact) mass is 320 g/mol. The van der Waals surface area contributed by atoms with Crippen molar-refractivity contribution in [1.82, 2.24) is 4.98 Å². The molecular weight excluding hydrogens is 292 g/mol. The third kappa shape index (κ3) is 4.93. The van der Waals surface area contributed by atoms with Crippen molar-refractivity contribution in [3.05, 3.63) is 18.3 Å². The molecule has 1 N–H and O–H groups in total. The number of hydrogen-bond donors (Lipinski definition) is 1. The van der Waals surface area contributed by atoms with Gasteiger partial charge >= 0.3 is 0 Å². The molecule has 0 atom stereocenters. The van der Waals surface area contributed by atoms with Crippen LogP contribution < -0.4 is 10.1 Å². The Kier molecular flexibility index (Phi) is 6.84. The minimum absolute atomic E-state index is 0.0466. The minimum Gasteiger partial charge on any atom is -0.478 e. The van der Waals surface area contributed by atoms with Crippen molar-refractivity contribution >= 4 is 11.6 Å². The summed E-state index contributed by atoms with van der Waals surface area (Å²) in [5, 5.41) is 2.96. The van der Waals surface area contributed by atoms with E-state index in [0.29, 0.717) is 24.8 Å². The number of aromatic nitrogens is 1. The van der Waals surface area contributed by atoms with Gasteiger partial charge in [-0.1, -0.05) is 33.1 Å². The molecular formula is C18H28N2O3. The van der Waals surface area contributed by atoms with Crippen LogP contribution in [0.15, 0.2) is 18.3 Å². The number of carbonyl (C=O) groups excluding carboxylic acids is 1. The van der Waals surface area contributed by atoms with Gasteiger partial charge < -0.3 is 14.8 Å². The number of nitrogens with one attached hydrogen (secondary N) is 1. The fourth-order valence-electron chi connectivity index (χ4n) is 2.85. The van der Waals surface area contributed by atoms with Crippen LogP contribution in [0.1, 0.15) is 58.8 Å².